The van der Waals surface area contributed by atoms with E-state index < -0.39 is 0 Å². The van der Waals surface area contributed by atoms with E-state index in [2.05, 4.69) is 19.2 Å². The molecule has 1 atom stereocenters. The van der Waals surface area contributed by atoms with Crippen LogP contribution in [-0.2, 0) is 17.9 Å². The fraction of sp³-hybridized carbons (Fsp3) is 0.308. The molecule has 0 saturated heterocycles. The number of hydrogen-bond acceptors (Lipinski definition) is 3. The lowest BCUT2D eigenvalue weighted by atomic mass is 10.1. The standard InChI is InChI=1S/C26H29Cl2N3O2S/c1-3-19(2)15-31(26(33)29-21-11-12-23(27)24(28)14-21)18-25(32)30(17-22-10-7-13-34-22)16-20-8-5-4-6-9-20/h4-14,19H,3,15-18H2,1-2H3,(H,29,33). The molecule has 1 unspecified atom stereocenters. The highest BCUT2D eigenvalue weighted by Crippen LogP contribution is 2.25. The van der Waals surface area contributed by atoms with Gasteiger partial charge in [-0.1, -0.05) is 79.9 Å². The molecule has 5 nitrogen and oxygen atoms in total. The van der Waals surface area contributed by atoms with Crippen molar-refractivity contribution < 1.29 is 9.59 Å². The van der Waals surface area contributed by atoms with E-state index in [4.69, 9.17) is 23.2 Å². The molecule has 0 radical (unpaired) electrons. The van der Waals surface area contributed by atoms with E-state index in [1.807, 2.05) is 47.8 Å². The van der Waals surface area contributed by atoms with Gasteiger partial charge in [-0.15, -0.1) is 11.3 Å². The van der Waals surface area contributed by atoms with Gasteiger partial charge in [0, 0.05) is 23.7 Å². The first-order valence-corrected chi connectivity index (χ1v) is 12.8. The van der Waals surface area contributed by atoms with E-state index in [1.54, 1.807) is 39.3 Å². The summed E-state index contributed by atoms with van der Waals surface area (Å²) in [5, 5.41) is 5.62. The van der Waals surface area contributed by atoms with Crippen molar-refractivity contribution in [1.29, 1.82) is 0 Å². The highest BCUT2D eigenvalue weighted by atomic mass is 35.5. The molecule has 2 aromatic carbocycles. The zero-order valence-corrected chi connectivity index (χ0v) is 21.7. The predicted octanol–water partition coefficient (Wildman–Crippen LogP) is 7.16. The largest absolute Gasteiger partial charge is 0.332 e. The van der Waals surface area contributed by atoms with Crippen LogP contribution in [0.2, 0.25) is 10.0 Å². The average Bonchev–Trinajstić information content (AvgIpc) is 3.34. The SMILES string of the molecule is CCC(C)CN(CC(=O)N(Cc1ccccc1)Cc1cccs1)C(=O)Nc1ccc(Cl)c(Cl)c1. The molecule has 180 valence electrons. The van der Waals surface area contributed by atoms with Gasteiger partial charge in [0.2, 0.25) is 5.91 Å². The van der Waals surface area contributed by atoms with Gasteiger partial charge in [0.15, 0.2) is 0 Å². The number of halogens is 2. The number of thiophene rings is 1. The topological polar surface area (TPSA) is 52.7 Å². The number of nitrogens with zero attached hydrogens (tertiary/aromatic N) is 2. The molecule has 1 aromatic heterocycles. The van der Waals surface area contributed by atoms with Crippen LogP contribution in [0.4, 0.5) is 10.5 Å². The molecule has 0 saturated carbocycles. The van der Waals surface area contributed by atoms with Crippen LogP contribution in [0.1, 0.15) is 30.7 Å². The fourth-order valence-electron chi connectivity index (χ4n) is 3.39. The van der Waals surface area contributed by atoms with Gasteiger partial charge in [0.05, 0.1) is 16.6 Å². The Balaban J connectivity index is 1.77. The summed E-state index contributed by atoms with van der Waals surface area (Å²) >= 11 is 13.7. The van der Waals surface area contributed by atoms with Gasteiger partial charge >= 0.3 is 6.03 Å². The van der Waals surface area contributed by atoms with Crippen molar-refractivity contribution in [2.24, 2.45) is 5.92 Å². The molecular weight excluding hydrogens is 489 g/mol. The third-order valence-corrected chi connectivity index (χ3v) is 7.11. The molecule has 0 aliphatic rings. The molecule has 34 heavy (non-hydrogen) atoms. The summed E-state index contributed by atoms with van der Waals surface area (Å²) in [4.78, 5) is 31.1. The Bertz CT molecular complexity index is 1080. The van der Waals surface area contributed by atoms with Gasteiger partial charge in [0.1, 0.15) is 6.54 Å². The van der Waals surface area contributed by atoms with Gasteiger partial charge in [-0.3, -0.25) is 4.79 Å². The molecule has 3 aromatic rings. The molecule has 0 spiro atoms. The van der Waals surface area contributed by atoms with Crippen molar-refractivity contribution in [3.63, 3.8) is 0 Å². The van der Waals surface area contributed by atoms with Crippen LogP contribution in [0, 0.1) is 5.92 Å². The summed E-state index contributed by atoms with van der Waals surface area (Å²) in [7, 11) is 0. The first-order chi connectivity index (χ1) is 16.4. The molecule has 0 fully saturated rings. The highest BCUT2D eigenvalue weighted by molar-refractivity contribution is 7.09. The minimum atomic E-state index is -0.345. The summed E-state index contributed by atoms with van der Waals surface area (Å²) in [6.45, 7) is 5.56. The van der Waals surface area contributed by atoms with Crippen molar-refractivity contribution in [3.05, 3.63) is 86.5 Å². The van der Waals surface area contributed by atoms with Crippen LogP contribution in [0.25, 0.3) is 0 Å². The second kappa shape index (κ2) is 12.8. The monoisotopic (exact) mass is 517 g/mol. The number of anilines is 1. The zero-order valence-electron chi connectivity index (χ0n) is 19.3. The Morgan fingerprint density at radius 1 is 0.971 bits per heavy atom. The van der Waals surface area contributed by atoms with Gasteiger partial charge in [-0.2, -0.15) is 0 Å². The molecule has 3 rings (SSSR count). The Morgan fingerprint density at radius 3 is 2.38 bits per heavy atom. The van der Waals surface area contributed by atoms with Crippen molar-refractivity contribution in [2.75, 3.05) is 18.4 Å². The maximum Gasteiger partial charge on any atom is 0.322 e. The van der Waals surface area contributed by atoms with Crippen molar-refractivity contribution in [2.45, 2.75) is 33.4 Å². The second-order valence-corrected chi connectivity index (χ2v) is 10.1. The third-order valence-electron chi connectivity index (χ3n) is 5.51. The van der Waals surface area contributed by atoms with Gasteiger partial charge in [-0.25, -0.2) is 4.79 Å². The van der Waals surface area contributed by atoms with E-state index in [1.165, 1.54) is 0 Å². The second-order valence-electron chi connectivity index (χ2n) is 8.27. The molecule has 1 heterocycles. The lowest BCUT2D eigenvalue weighted by Crippen LogP contribution is -2.45. The van der Waals surface area contributed by atoms with E-state index >= 15 is 0 Å². The molecule has 0 aliphatic heterocycles. The van der Waals surface area contributed by atoms with E-state index in [0.717, 1.165) is 16.9 Å². The average molecular weight is 519 g/mol. The number of carbonyl (C=O) groups excluding carboxylic acids is 2. The van der Waals surface area contributed by atoms with Gasteiger partial charge in [-0.05, 0) is 41.1 Å². The summed E-state index contributed by atoms with van der Waals surface area (Å²) in [6.07, 6.45) is 0.896. The van der Waals surface area contributed by atoms with Crippen LogP contribution in [0.5, 0.6) is 0 Å². The number of benzene rings is 2. The number of carbonyl (C=O) groups is 2. The van der Waals surface area contributed by atoms with Crippen LogP contribution >= 0.6 is 34.5 Å². The summed E-state index contributed by atoms with van der Waals surface area (Å²) in [5.74, 6) is 0.136. The minimum Gasteiger partial charge on any atom is -0.332 e. The number of urea groups is 1. The third kappa shape index (κ3) is 7.76. The molecule has 0 aliphatic carbocycles. The van der Waals surface area contributed by atoms with E-state index in [-0.39, 0.29) is 24.4 Å². The number of hydrogen-bond donors (Lipinski definition) is 1. The van der Waals surface area contributed by atoms with Crippen molar-refractivity contribution >= 4 is 52.2 Å². The number of amides is 3. The maximum atomic E-state index is 13.5. The quantitative estimate of drug-likeness (QED) is 0.310. The zero-order chi connectivity index (χ0) is 24.5. The van der Waals surface area contributed by atoms with Gasteiger partial charge < -0.3 is 15.1 Å². The molecule has 0 bridgehead atoms. The molecular formula is C26H29Cl2N3O2S. The van der Waals surface area contributed by atoms with Crippen LogP contribution in [0.15, 0.2) is 66.0 Å². The lowest BCUT2D eigenvalue weighted by molar-refractivity contribution is -0.133. The Kier molecular flexibility index (Phi) is 9.81. The lowest BCUT2D eigenvalue weighted by Gasteiger charge is -2.29. The van der Waals surface area contributed by atoms with Gasteiger partial charge in [0.25, 0.3) is 0 Å². The van der Waals surface area contributed by atoms with Crippen LogP contribution in [0.3, 0.4) is 0 Å². The Hall–Kier alpha value is -2.54. The summed E-state index contributed by atoms with van der Waals surface area (Å²) in [6, 6.07) is 18.5. The van der Waals surface area contributed by atoms with Crippen LogP contribution < -0.4 is 5.32 Å². The fourth-order valence-corrected chi connectivity index (χ4v) is 4.41. The van der Waals surface area contributed by atoms with Crippen molar-refractivity contribution in [1.82, 2.24) is 9.80 Å². The van der Waals surface area contributed by atoms with Crippen LogP contribution in [-0.4, -0.2) is 34.8 Å². The first-order valence-electron chi connectivity index (χ1n) is 11.2. The van der Waals surface area contributed by atoms with E-state index in [0.29, 0.717) is 35.4 Å². The Labute approximate surface area is 215 Å². The molecule has 3 amide bonds. The minimum absolute atomic E-state index is 0.0182. The maximum absolute atomic E-state index is 13.5. The van der Waals surface area contributed by atoms with Crippen molar-refractivity contribution in [3.8, 4) is 0 Å². The Morgan fingerprint density at radius 2 is 1.74 bits per heavy atom. The summed E-state index contributed by atoms with van der Waals surface area (Å²) in [5.41, 5.74) is 1.57. The number of nitrogens with one attached hydrogen (secondary N) is 1. The highest BCUT2D eigenvalue weighted by Gasteiger charge is 2.23. The predicted molar refractivity (Wildman–Crippen MR) is 142 cm³/mol. The molecule has 8 heteroatoms. The smallest absolute Gasteiger partial charge is 0.322 e. The number of rotatable bonds is 10. The normalized spacial score (nSPS) is 11.6. The first kappa shape index (κ1) is 26.1. The van der Waals surface area contributed by atoms with E-state index in [9.17, 15) is 9.59 Å². The molecule has 1 N–H and O–H groups in total. The summed E-state index contributed by atoms with van der Waals surface area (Å²) < 4.78 is 0.